The summed E-state index contributed by atoms with van der Waals surface area (Å²) < 4.78 is 107. The van der Waals surface area contributed by atoms with Crippen molar-refractivity contribution in [2.24, 2.45) is 0 Å². The molecule has 0 aliphatic heterocycles. The van der Waals surface area contributed by atoms with Gasteiger partial charge in [0, 0.05) is 19.2 Å². The summed E-state index contributed by atoms with van der Waals surface area (Å²) in [5.74, 6) is -2.20. The monoisotopic (exact) mass is 711 g/mol. The van der Waals surface area contributed by atoms with Crippen molar-refractivity contribution in [1.82, 2.24) is 20.5 Å². The SMILES string of the molecule is CC(C)(C)OC(=O)NCC(C)(C)OCCC[C@@](OCc1ccccc1)(c1nnc(-c2nc(Cl)c(C(F)(F)F)cc2[N+](=O)[O-])o1)C(F)(F)F. The van der Waals surface area contributed by atoms with Gasteiger partial charge < -0.3 is 23.9 Å². The molecule has 3 aromatic rings. The molecule has 1 aromatic carbocycles. The van der Waals surface area contributed by atoms with Crippen molar-refractivity contribution >= 4 is 23.4 Å². The highest BCUT2D eigenvalue weighted by Crippen LogP contribution is 2.47. The van der Waals surface area contributed by atoms with Gasteiger partial charge in [-0.3, -0.25) is 10.1 Å². The normalized spacial score (nSPS) is 14.0. The highest BCUT2D eigenvalue weighted by Gasteiger charge is 2.61. The minimum absolute atomic E-state index is 0.0503. The summed E-state index contributed by atoms with van der Waals surface area (Å²) in [5.41, 5.74) is -8.72. The highest BCUT2D eigenvalue weighted by molar-refractivity contribution is 6.30. The zero-order valence-corrected chi connectivity index (χ0v) is 27.0. The zero-order chi connectivity index (χ0) is 36.1. The number of pyridine rings is 1. The molecule has 0 aliphatic carbocycles. The van der Waals surface area contributed by atoms with Crippen molar-refractivity contribution < 1.29 is 54.7 Å². The first kappa shape index (κ1) is 38.4. The first-order chi connectivity index (χ1) is 22.0. The van der Waals surface area contributed by atoms with Crippen LogP contribution in [0.5, 0.6) is 0 Å². The number of hydrogen-bond donors (Lipinski definition) is 1. The number of nitrogens with zero attached hydrogens (tertiary/aromatic N) is 4. The Labute approximate surface area is 275 Å². The number of carbonyl (C=O) groups is 1. The number of rotatable bonds is 13. The molecule has 264 valence electrons. The first-order valence-corrected chi connectivity index (χ1v) is 14.5. The van der Waals surface area contributed by atoms with Crippen LogP contribution >= 0.6 is 11.6 Å². The Morgan fingerprint density at radius 2 is 1.67 bits per heavy atom. The lowest BCUT2D eigenvalue weighted by Crippen LogP contribution is -2.46. The number of carbonyl (C=O) groups excluding carboxylic acids is 1. The number of aromatic nitrogens is 3. The van der Waals surface area contributed by atoms with E-state index in [0.717, 1.165) is 0 Å². The number of hydrogen-bond acceptors (Lipinski definition) is 10. The lowest BCUT2D eigenvalue weighted by Gasteiger charge is -2.33. The van der Waals surface area contributed by atoms with E-state index in [0.29, 0.717) is 5.56 Å². The fourth-order valence-electron chi connectivity index (χ4n) is 4.14. The van der Waals surface area contributed by atoms with Gasteiger partial charge in [-0.05, 0) is 53.0 Å². The fourth-order valence-corrected chi connectivity index (χ4v) is 4.39. The number of nitrogens with one attached hydrogen (secondary N) is 1. The average Bonchev–Trinajstić information content (AvgIpc) is 3.44. The molecule has 0 radical (unpaired) electrons. The van der Waals surface area contributed by atoms with E-state index in [-0.39, 0.29) is 25.6 Å². The third-order valence-electron chi connectivity index (χ3n) is 6.44. The summed E-state index contributed by atoms with van der Waals surface area (Å²) in [5, 5.41) is 19.8. The number of nitro groups is 1. The van der Waals surface area contributed by atoms with Gasteiger partial charge >= 0.3 is 24.1 Å². The van der Waals surface area contributed by atoms with Crippen LogP contribution in [0.2, 0.25) is 5.15 Å². The van der Waals surface area contributed by atoms with Crippen LogP contribution in [-0.2, 0) is 32.6 Å². The van der Waals surface area contributed by atoms with E-state index in [1.54, 1.807) is 52.8 Å². The van der Waals surface area contributed by atoms with Gasteiger partial charge in [-0.2, -0.15) is 26.3 Å². The van der Waals surface area contributed by atoms with Crippen molar-refractivity contribution in [3.8, 4) is 11.6 Å². The van der Waals surface area contributed by atoms with Crippen molar-refractivity contribution in [2.45, 2.75) is 83.2 Å². The summed E-state index contributed by atoms with van der Waals surface area (Å²) in [6.45, 7) is 7.26. The van der Waals surface area contributed by atoms with Crippen LogP contribution < -0.4 is 5.32 Å². The number of benzene rings is 1. The molecule has 19 heteroatoms. The Kier molecular flexibility index (Phi) is 11.7. The van der Waals surface area contributed by atoms with Gasteiger partial charge in [0.15, 0.2) is 0 Å². The van der Waals surface area contributed by atoms with Crippen LogP contribution in [0.3, 0.4) is 0 Å². The van der Waals surface area contributed by atoms with Crippen molar-refractivity contribution in [3.05, 3.63) is 68.7 Å². The van der Waals surface area contributed by atoms with Crippen molar-refractivity contribution in [3.63, 3.8) is 0 Å². The van der Waals surface area contributed by atoms with Crippen LogP contribution in [-0.4, -0.2) is 56.7 Å². The van der Waals surface area contributed by atoms with Crippen molar-refractivity contribution in [2.75, 3.05) is 13.2 Å². The van der Waals surface area contributed by atoms with Gasteiger partial charge in [-0.25, -0.2) is 9.78 Å². The van der Waals surface area contributed by atoms with E-state index in [9.17, 15) is 28.1 Å². The van der Waals surface area contributed by atoms with E-state index < -0.39 is 87.1 Å². The predicted molar refractivity (Wildman–Crippen MR) is 157 cm³/mol. The molecular formula is C29H32ClF6N5O7. The van der Waals surface area contributed by atoms with Gasteiger partial charge in [0.1, 0.15) is 10.8 Å². The van der Waals surface area contributed by atoms with Crippen LogP contribution in [0.1, 0.15) is 64.5 Å². The maximum atomic E-state index is 15.0. The van der Waals surface area contributed by atoms with E-state index in [4.69, 9.17) is 30.2 Å². The third-order valence-corrected chi connectivity index (χ3v) is 6.73. The minimum atomic E-state index is -5.24. The van der Waals surface area contributed by atoms with Crippen LogP contribution in [0, 0.1) is 10.1 Å². The predicted octanol–water partition coefficient (Wildman–Crippen LogP) is 7.79. The Bertz CT molecular complexity index is 1580. The highest BCUT2D eigenvalue weighted by atomic mass is 35.5. The molecular weight excluding hydrogens is 680 g/mol. The lowest BCUT2D eigenvalue weighted by molar-refractivity contribution is -0.384. The van der Waals surface area contributed by atoms with E-state index in [1.807, 2.05) is 0 Å². The zero-order valence-electron chi connectivity index (χ0n) is 26.3. The quantitative estimate of drug-likeness (QED) is 0.0612. The Balaban J connectivity index is 1.94. The minimum Gasteiger partial charge on any atom is -0.444 e. The van der Waals surface area contributed by atoms with E-state index >= 15 is 13.2 Å². The molecule has 0 fully saturated rings. The number of alkyl halides is 6. The Hall–Kier alpha value is -4.03. The molecule has 0 aliphatic rings. The molecule has 48 heavy (non-hydrogen) atoms. The molecule has 1 N–H and O–H groups in total. The molecule has 0 bridgehead atoms. The van der Waals surface area contributed by atoms with Crippen molar-refractivity contribution in [1.29, 1.82) is 0 Å². The second kappa shape index (κ2) is 14.6. The number of halogens is 7. The molecule has 2 aromatic heterocycles. The van der Waals surface area contributed by atoms with Gasteiger partial charge in [-0.15, -0.1) is 10.2 Å². The van der Waals surface area contributed by atoms with E-state index in [2.05, 4.69) is 20.5 Å². The molecule has 1 amide bonds. The standard InChI is InChI=1S/C29H32ClF6N5O7/c1-25(2,3)48-24(42)37-16-26(4,5)45-13-9-12-27(29(34,35)36,46-15-17-10-7-6-8-11-17)23-40-39-22(47-23)20-19(41(43)44)14-18(21(30)38-20)28(31,32)33/h6-8,10-11,14H,9,12-13,15-16H2,1-5H3,(H,37,42)/t27-/m1/s1. The molecule has 2 heterocycles. The molecule has 0 unspecified atom stereocenters. The maximum absolute atomic E-state index is 15.0. The Morgan fingerprint density at radius 3 is 2.23 bits per heavy atom. The molecule has 12 nitrogen and oxygen atoms in total. The van der Waals surface area contributed by atoms with Gasteiger partial charge in [0.2, 0.25) is 11.3 Å². The number of ether oxygens (including phenoxy) is 3. The molecule has 0 saturated heterocycles. The Morgan fingerprint density at radius 1 is 1.02 bits per heavy atom. The number of alkyl carbamates (subject to hydrolysis) is 1. The summed E-state index contributed by atoms with van der Waals surface area (Å²) in [6.07, 6.45) is -12.3. The second-order valence-corrected chi connectivity index (χ2v) is 12.4. The second-order valence-electron chi connectivity index (χ2n) is 12.0. The summed E-state index contributed by atoms with van der Waals surface area (Å²) in [6, 6.07) is 7.84. The molecule has 1 atom stereocenters. The fraction of sp³-hybridized carbons (Fsp3) is 0.517. The molecule has 0 spiro atoms. The lowest BCUT2D eigenvalue weighted by atomic mass is 9.96. The molecule has 3 rings (SSSR count). The van der Waals surface area contributed by atoms with Crippen LogP contribution in [0.4, 0.5) is 36.8 Å². The smallest absolute Gasteiger partial charge is 0.426 e. The van der Waals surface area contributed by atoms with E-state index in [1.165, 1.54) is 12.1 Å². The summed E-state index contributed by atoms with van der Waals surface area (Å²) >= 11 is 5.62. The third kappa shape index (κ3) is 9.99. The molecule has 0 saturated carbocycles. The van der Waals surface area contributed by atoms with Gasteiger partial charge in [0.25, 0.3) is 11.8 Å². The topological polar surface area (TPSA) is 152 Å². The van der Waals surface area contributed by atoms with Gasteiger partial charge in [0.05, 0.1) is 22.7 Å². The summed E-state index contributed by atoms with van der Waals surface area (Å²) in [7, 11) is 0. The first-order valence-electron chi connectivity index (χ1n) is 14.2. The van der Waals surface area contributed by atoms with Crippen LogP contribution in [0.25, 0.3) is 11.6 Å². The van der Waals surface area contributed by atoms with Crippen LogP contribution in [0.15, 0.2) is 40.8 Å². The summed E-state index contributed by atoms with van der Waals surface area (Å²) in [4.78, 5) is 25.7. The van der Waals surface area contributed by atoms with Gasteiger partial charge in [-0.1, -0.05) is 41.9 Å². The average molecular weight is 712 g/mol. The number of amides is 1. The largest absolute Gasteiger partial charge is 0.444 e. The maximum Gasteiger partial charge on any atom is 0.426 e.